The minimum absolute atomic E-state index is 0. The Morgan fingerprint density at radius 2 is 0.375 bits per heavy atom. The summed E-state index contributed by atoms with van der Waals surface area (Å²) in [5, 5.41) is 0. The zero-order valence-corrected chi connectivity index (χ0v) is 41.7. The Bertz CT molecular complexity index is 1140. The summed E-state index contributed by atoms with van der Waals surface area (Å²) in [5.41, 5.74) is 30.9. The standard InChI is InChI=1S/4C8H10NO2.4Sn.4H/c4*1-10-7-3-6(9)4-8(5-7)11-2;;;;;;;;/h4*3-5,9H,1-2H3;;;;;;;;/q4*-1;;;2*+3;;;;. The molecule has 0 aromatic heterocycles. The Labute approximate surface area is 351 Å². The third-order valence-electron chi connectivity index (χ3n) is 5.41. The SMILES string of the molecule is COc1cc([NH-])cc(OC)c1.COc1cc([NH-])cc(OC)c1.COc1cc([NH-])cc(OC)c1.COc1cc([NH-])cc(OC)c1.[SnH+3].[SnH+3].[SnH].[SnH]. The Kier molecular flexibility index (Phi) is 32.3. The molecule has 4 aromatic rings. The van der Waals surface area contributed by atoms with Crippen LogP contribution in [-0.2, 0) is 0 Å². The van der Waals surface area contributed by atoms with Gasteiger partial charge in [-0.2, -0.15) is 0 Å². The molecule has 0 atom stereocenters. The van der Waals surface area contributed by atoms with E-state index in [9.17, 15) is 0 Å². The number of rotatable bonds is 8. The van der Waals surface area contributed by atoms with Gasteiger partial charge in [-0.25, -0.2) is 0 Å². The van der Waals surface area contributed by atoms with E-state index in [1.807, 2.05) is 0 Å². The summed E-state index contributed by atoms with van der Waals surface area (Å²) in [6.45, 7) is 0. The van der Waals surface area contributed by atoms with Gasteiger partial charge < -0.3 is 60.8 Å². The molecule has 0 aliphatic heterocycles. The number of hydrogen-bond donors (Lipinski definition) is 0. The van der Waals surface area contributed by atoms with Crippen molar-refractivity contribution < 1.29 is 37.9 Å². The fourth-order valence-electron chi connectivity index (χ4n) is 3.23. The Morgan fingerprint density at radius 3 is 0.458 bits per heavy atom. The van der Waals surface area contributed by atoms with Crippen molar-refractivity contribution in [2.45, 2.75) is 0 Å². The molecule has 16 heteroatoms. The molecule has 4 N–H and O–H groups in total. The third-order valence-corrected chi connectivity index (χ3v) is 5.41. The molecular weight excluding hydrogens is 1040 g/mol. The van der Waals surface area contributed by atoms with Gasteiger partial charge in [0.2, 0.25) is 0 Å². The van der Waals surface area contributed by atoms with Crippen molar-refractivity contribution in [1.29, 1.82) is 0 Å². The molecule has 0 saturated carbocycles. The Morgan fingerprint density at radius 1 is 0.271 bits per heavy atom. The van der Waals surface area contributed by atoms with Crippen molar-refractivity contribution in [2.75, 3.05) is 56.9 Å². The molecule has 0 aliphatic carbocycles. The van der Waals surface area contributed by atoms with Crippen LogP contribution in [0.25, 0.3) is 22.9 Å². The van der Waals surface area contributed by atoms with E-state index in [2.05, 4.69) is 0 Å². The molecule has 0 bridgehead atoms. The van der Waals surface area contributed by atoms with Gasteiger partial charge in [-0.15, -0.1) is 22.7 Å². The summed E-state index contributed by atoms with van der Waals surface area (Å²) in [5.74, 6) is 5.18. The molecule has 0 spiro atoms. The predicted octanol–water partition coefficient (Wildman–Crippen LogP) is 6.96. The van der Waals surface area contributed by atoms with Gasteiger partial charge in [0, 0.05) is 24.3 Å². The Hall–Kier alpha value is -2.33. The van der Waals surface area contributed by atoms with Crippen molar-refractivity contribution in [3.63, 3.8) is 0 Å². The fourth-order valence-corrected chi connectivity index (χ4v) is 3.23. The first kappa shape index (κ1) is 52.5. The van der Waals surface area contributed by atoms with Crippen LogP contribution in [0, 0.1) is 0 Å². The zero-order chi connectivity index (χ0) is 33.1. The summed E-state index contributed by atoms with van der Waals surface area (Å²) < 4.78 is 39.5. The average Bonchev–Trinajstić information content (AvgIpc) is 3.04. The van der Waals surface area contributed by atoms with Crippen molar-refractivity contribution in [1.82, 2.24) is 0 Å². The van der Waals surface area contributed by atoms with Crippen LogP contribution in [0.3, 0.4) is 0 Å². The van der Waals surface area contributed by atoms with Crippen LogP contribution >= 0.6 is 0 Å². The van der Waals surface area contributed by atoms with E-state index in [-0.39, 0.29) is 95.6 Å². The molecule has 254 valence electrons. The van der Waals surface area contributed by atoms with Crippen molar-refractivity contribution >= 4 is 118 Å². The second kappa shape index (κ2) is 29.6. The van der Waals surface area contributed by atoms with Crippen LogP contribution in [-0.4, -0.2) is 153 Å². The number of ether oxygens (including phenoxy) is 8. The number of nitrogens with one attached hydrogen (secondary N) is 4. The quantitative estimate of drug-likeness (QED) is 0.171. The summed E-state index contributed by atoms with van der Waals surface area (Å²) in [6.07, 6.45) is 0. The predicted molar refractivity (Wildman–Crippen MR) is 203 cm³/mol. The summed E-state index contributed by atoms with van der Waals surface area (Å²) in [4.78, 5) is 0. The van der Waals surface area contributed by atoms with Crippen LogP contribution < -0.4 is 37.9 Å². The van der Waals surface area contributed by atoms with E-state index in [1.165, 1.54) is 0 Å². The maximum absolute atomic E-state index is 7.32. The third kappa shape index (κ3) is 20.9. The molecule has 12 nitrogen and oxygen atoms in total. The van der Waals surface area contributed by atoms with Gasteiger partial charge in [0.15, 0.2) is 0 Å². The maximum atomic E-state index is 7.32. The number of benzene rings is 4. The molecule has 0 fully saturated rings. The normalized spacial score (nSPS) is 8.50. The molecule has 0 heterocycles. The summed E-state index contributed by atoms with van der Waals surface area (Å²) >= 11 is 0. The number of hydrogen-bond acceptors (Lipinski definition) is 8. The molecule has 0 aliphatic rings. The second-order valence-electron chi connectivity index (χ2n) is 8.41. The molecule has 4 rings (SSSR count). The molecule has 48 heavy (non-hydrogen) atoms. The van der Waals surface area contributed by atoms with Crippen molar-refractivity contribution in [3.8, 4) is 46.0 Å². The molecular formula is C32H44N4O8Sn4+2. The van der Waals surface area contributed by atoms with Gasteiger partial charge in [-0.1, -0.05) is 0 Å². The fraction of sp³-hybridized carbons (Fsp3) is 0.250. The summed E-state index contributed by atoms with van der Waals surface area (Å²) in [7, 11) is 12.5. The van der Waals surface area contributed by atoms with E-state index in [4.69, 9.17) is 60.8 Å². The topological polar surface area (TPSA) is 169 Å². The van der Waals surface area contributed by atoms with Crippen LogP contribution in [0.4, 0.5) is 22.7 Å². The first-order valence-corrected chi connectivity index (χ1v) is 12.8. The first-order chi connectivity index (χ1) is 21.0. The molecule has 0 saturated heterocycles. The van der Waals surface area contributed by atoms with Crippen molar-refractivity contribution in [3.05, 3.63) is 95.7 Å². The van der Waals surface area contributed by atoms with Crippen LogP contribution in [0.1, 0.15) is 0 Å². The van der Waals surface area contributed by atoms with Crippen molar-refractivity contribution in [2.24, 2.45) is 0 Å². The zero-order valence-electron chi connectivity index (χ0n) is 28.5. The molecule has 6 radical (unpaired) electrons. The van der Waals surface area contributed by atoms with Gasteiger partial charge in [-0.05, 0) is 48.5 Å². The van der Waals surface area contributed by atoms with E-state index in [0.29, 0.717) is 68.7 Å². The molecule has 0 unspecified atom stereocenters. The van der Waals surface area contributed by atoms with E-state index in [0.717, 1.165) is 0 Å². The van der Waals surface area contributed by atoms with Gasteiger partial charge in [-0.3, -0.25) is 0 Å². The number of methoxy groups -OCH3 is 8. The molecule has 4 aromatic carbocycles. The van der Waals surface area contributed by atoms with Gasteiger partial charge in [0.25, 0.3) is 0 Å². The first-order valence-electron chi connectivity index (χ1n) is 12.8. The van der Waals surface area contributed by atoms with E-state index in [1.54, 1.807) is 130 Å². The van der Waals surface area contributed by atoms with Gasteiger partial charge >= 0.3 is 95.6 Å². The monoisotopic (exact) mass is 1090 g/mol. The van der Waals surface area contributed by atoms with Gasteiger partial charge in [0.1, 0.15) is 46.0 Å². The minimum atomic E-state index is 0. The molecule has 0 amide bonds. The Balaban J connectivity index is -0.000000262. The van der Waals surface area contributed by atoms with Crippen LogP contribution in [0.2, 0.25) is 0 Å². The second-order valence-corrected chi connectivity index (χ2v) is 8.41. The van der Waals surface area contributed by atoms with E-state index >= 15 is 0 Å². The van der Waals surface area contributed by atoms with Gasteiger partial charge in [0.05, 0.1) is 56.9 Å². The summed E-state index contributed by atoms with van der Waals surface area (Å²) in [6, 6.07) is 20.0. The average molecular weight is 1090 g/mol. The van der Waals surface area contributed by atoms with Crippen LogP contribution in [0.5, 0.6) is 46.0 Å². The van der Waals surface area contributed by atoms with Crippen LogP contribution in [0.15, 0.2) is 72.8 Å². The van der Waals surface area contributed by atoms with E-state index < -0.39 is 0 Å².